The summed E-state index contributed by atoms with van der Waals surface area (Å²) in [5.74, 6) is 0.0897. The first-order valence-corrected chi connectivity index (χ1v) is 8.66. The molecule has 0 spiro atoms. The molecule has 0 aliphatic heterocycles. The van der Waals surface area contributed by atoms with Crippen LogP contribution in [0.5, 0.6) is 0 Å². The molecule has 1 atom stereocenters. The van der Waals surface area contributed by atoms with Crippen LogP contribution >= 0.6 is 0 Å². The van der Waals surface area contributed by atoms with Crippen molar-refractivity contribution in [2.24, 2.45) is 0 Å². The fourth-order valence-corrected chi connectivity index (χ4v) is 2.94. The van der Waals surface area contributed by atoms with Crippen LogP contribution in [0, 0.1) is 0 Å². The highest BCUT2D eigenvalue weighted by Crippen LogP contribution is 2.12. The van der Waals surface area contributed by atoms with Crippen LogP contribution in [-0.2, 0) is 21.1 Å². The van der Waals surface area contributed by atoms with Gasteiger partial charge in [-0.25, -0.2) is 8.42 Å². The lowest BCUT2D eigenvalue weighted by molar-refractivity contribution is -0.120. The molecule has 0 heterocycles. The smallest absolute Gasteiger partial charge is 0.224 e. The molecule has 1 aromatic rings. The molecular formula is C14H22N2O3S. The predicted octanol–water partition coefficient (Wildman–Crippen LogP) is 1.21. The minimum Gasteiger partial charge on any atom is -0.382 e. The van der Waals surface area contributed by atoms with Crippen LogP contribution in [0.4, 0.5) is 5.69 Å². The Labute approximate surface area is 120 Å². The Balaban J connectivity index is 2.56. The average Bonchev–Trinajstić information content (AvgIpc) is 2.29. The van der Waals surface area contributed by atoms with E-state index in [1.54, 1.807) is 0 Å². The number of rotatable bonds is 7. The standard InChI is InChI=1S/C14H22N2O3S/c1-4-15-14(17)9-12-5-7-13(8-6-12)16-11(2)10-20(3,18)19/h5-8,11,16H,4,9-10H2,1-3H3,(H,15,17). The third-order valence-corrected chi connectivity index (χ3v) is 3.76. The number of anilines is 1. The molecule has 112 valence electrons. The third-order valence-electron chi connectivity index (χ3n) is 2.66. The van der Waals surface area contributed by atoms with Crippen molar-refractivity contribution in [1.29, 1.82) is 0 Å². The van der Waals surface area contributed by atoms with E-state index in [0.29, 0.717) is 13.0 Å². The van der Waals surface area contributed by atoms with Gasteiger partial charge in [0.1, 0.15) is 9.84 Å². The predicted molar refractivity (Wildman–Crippen MR) is 81.6 cm³/mol. The number of likely N-dealkylation sites (N-methyl/N-ethyl adjacent to an activating group) is 1. The van der Waals surface area contributed by atoms with Crippen LogP contribution in [0.2, 0.25) is 0 Å². The van der Waals surface area contributed by atoms with Crippen LogP contribution in [0.3, 0.4) is 0 Å². The van der Waals surface area contributed by atoms with Gasteiger partial charge in [0.25, 0.3) is 0 Å². The van der Waals surface area contributed by atoms with Crippen molar-refractivity contribution in [3.8, 4) is 0 Å². The number of amides is 1. The summed E-state index contributed by atoms with van der Waals surface area (Å²) in [6, 6.07) is 7.29. The number of hydrogen-bond donors (Lipinski definition) is 2. The topological polar surface area (TPSA) is 75.3 Å². The molecule has 2 N–H and O–H groups in total. The summed E-state index contributed by atoms with van der Waals surface area (Å²) in [7, 11) is -2.99. The zero-order chi connectivity index (χ0) is 15.2. The summed E-state index contributed by atoms with van der Waals surface area (Å²) in [5.41, 5.74) is 1.78. The molecule has 0 aromatic heterocycles. The van der Waals surface area contributed by atoms with Crippen LogP contribution in [0.1, 0.15) is 19.4 Å². The number of hydrogen-bond acceptors (Lipinski definition) is 4. The van der Waals surface area contributed by atoms with Gasteiger partial charge in [0.2, 0.25) is 5.91 Å². The average molecular weight is 298 g/mol. The van der Waals surface area contributed by atoms with E-state index < -0.39 is 9.84 Å². The molecule has 6 heteroatoms. The van der Waals surface area contributed by atoms with Gasteiger partial charge in [0.15, 0.2) is 0 Å². The Kier molecular flexibility index (Phi) is 6.01. The SMILES string of the molecule is CCNC(=O)Cc1ccc(NC(C)CS(C)(=O)=O)cc1. The monoisotopic (exact) mass is 298 g/mol. The normalized spacial score (nSPS) is 12.8. The second-order valence-electron chi connectivity index (χ2n) is 4.97. The molecule has 0 saturated heterocycles. The fraction of sp³-hybridized carbons (Fsp3) is 0.500. The first-order valence-electron chi connectivity index (χ1n) is 6.60. The van der Waals surface area contributed by atoms with Crippen LogP contribution in [-0.4, -0.2) is 38.9 Å². The van der Waals surface area contributed by atoms with E-state index in [4.69, 9.17) is 0 Å². The summed E-state index contributed by atoms with van der Waals surface area (Å²) in [6.45, 7) is 4.33. The molecular weight excluding hydrogens is 276 g/mol. The van der Waals surface area contributed by atoms with E-state index in [9.17, 15) is 13.2 Å². The number of carbonyl (C=O) groups is 1. The van der Waals surface area contributed by atoms with E-state index >= 15 is 0 Å². The maximum atomic E-state index is 11.4. The fourth-order valence-electron chi connectivity index (χ4n) is 1.94. The molecule has 1 rings (SSSR count). The molecule has 1 aromatic carbocycles. The van der Waals surface area contributed by atoms with Crippen molar-refractivity contribution in [2.45, 2.75) is 26.3 Å². The lowest BCUT2D eigenvalue weighted by Gasteiger charge is -2.14. The summed E-state index contributed by atoms with van der Waals surface area (Å²) in [6.07, 6.45) is 1.58. The second kappa shape index (κ2) is 7.28. The van der Waals surface area contributed by atoms with Gasteiger partial charge in [-0.2, -0.15) is 0 Å². The van der Waals surface area contributed by atoms with Gasteiger partial charge < -0.3 is 10.6 Å². The van der Waals surface area contributed by atoms with Gasteiger partial charge >= 0.3 is 0 Å². The van der Waals surface area contributed by atoms with Crippen molar-refractivity contribution >= 4 is 21.4 Å². The summed E-state index contributed by atoms with van der Waals surface area (Å²) >= 11 is 0. The number of sulfone groups is 1. The Morgan fingerprint density at radius 1 is 1.25 bits per heavy atom. The molecule has 20 heavy (non-hydrogen) atoms. The van der Waals surface area contributed by atoms with Crippen molar-refractivity contribution in [2.75, 3.05) is 23.9 Å². The van der Waals surface area contributed by atoms with Crippen molar-refractivity contribution in [3.63, 3.8) is 0 Å². The first kappa shape index (κ1) is 16.5. The van der Waals surface area contributed by atoms with Crippen molar-refractivity contribution in [1.82, 2.24) is 5.32 Å². The molecule has 1 unspecified atom stereocenters. The molecule has 1 amide bonds. The molecule has 0 fully saturated rings. The summed E-state index contributed by atoms with van der Waals surface area (Å²) < 4.78 is 22.4. The quantitative estimate of drug-likeness (QED) is 0.793. The molecule has 5 nitrogen and oxygen atoms in total. The van der Waals surface area contributed by atoms with Crippen LogP contribution < -0.4 is 10.6 Å². The van der Waals surface area contributed by atoms with Crippen LogP contribution in [0.15, 0.2) is 24.3 Å². The molecule has 0 bridgehead atoms. The summed E-state index contributed by atoms with van der Waals surface area (Å²) in [5, 5.41) is 5.87. The van der Waals surface area contributed by atoms with Gasteiger partial charge in [0, 0.05) is 24.5 Å². The van der Waals surface area contributed by atoms with Gasteiger partial charge in [-0.3, -0.25) is 4.79 Å². The van der Waals surface area contributed by atoms with Crippen LogP contribution in [0.25, 0.3) is 0 Å². The minimum absolute atomic E-state index is 0.00125. The number of carbonyl (C=O) groups excluding carboxylic acids is 1. The highest BCUT2D eigenvalue weighted by atomic mass is 32.2. The lowest BCUT2D eigenvalue weighted by Crippen LogP contribution is -2.25. The molecule has 0 saturated carbocycles. The van der Waals surface area contributed by atoms with Gasteiger partial charge in [0.05, 0.1) is 12.2 Å². The summed E-state index contributed by atoms with van der Waals surface area (Å²) in [4.78, 5) is 11.4. The Morgan fingerprint density at radius 3 is 2.35 bits per heavy atom. The van der Waals surface area contributed by atoms with E-state index in [-0.39, 0.29) is 17.7 Å². The van der Waals surface area contributed by atoms with Gasteiger partial charge in [-0.1, -0.05) is 12.1 Å². The maximum Gasteiger partial charge on any atom is 0.224 e. The number of benzene rings is 1. The zero-order valence-corrected chi connectivity index (χ0v) is 13.0. The molecule has 0 radical (unpaired) electrons. The molecule has 0 aliphatic carbocycles. The highest BCUT2D eigenvalue weighted by molar-refractivity contribution is 7.90. The van der Waals surface area contributed by atoms with E-state index in [1.165, 1.54) is 6.26 Å². The van der Waals surface area contributed by atoms with E-state index in [0.717, 1.165) is 11.3 Å². The Morgan fingerprint density at radius 2 is 1.85 bits per heavy atom. The van der Waals surface area contributed by atoms with E-state index in [2.05, 4.69) is 10.6 Å². The maximum absolute atomic E-state index is 11.4. The van der Waals surface area contributed by atoms with Gasteiger partial charge in [-0.05, 0) is 31.5 Å². The van der Waals surface area contributed by atoms with E-state index in [1.807, 2.05) is 38.1 Å². The Hall–Kier alpha value is -1.56. The van der Waals surface area contributed by atoms with Crippen molar-refractivity contribution in [3.05, 3.63) is 29.8 Å². The van der Waals surface area contributed by atoms with Gasteiger partial charge in [-0.15, -0.1) is 0 Å². The second-order valence-corrected chi connectivity index (χ2v) is 7.15. The number of nitrogens with one attached hydrogen (secondary N) is 2. The first-order chi connectivity index (χ1) is 9.30. The lowest BCUT2D eigenvalue weighted by atomic mass is 10.1. The van der Waals surface area contributed by atoms with Crippen molar-refractivity contribution < 1.29 is 13.2 Å². The zero-order valence-electron chi connectivity index (χ0n) is 12.1. The molecule has 0 aliphatic rings. The minimum atomic E-state index is -2.99. The highest BCUT2D eigenvalue weighted by Gasteiger charge is 2.10. The Bertz CT molecular complexity index is 538. The third kappa shape index (κ3) is 6.56. The largest absolute Gasteiger partial charge is 0.382 e.